The molecule has 0 fully saturated rings. The highest BCUT2D eigenvalue weighted by atomic mass is 32.2. The van der Waals surface area contributed by atoms with Crippen LogP contribution in [0.2, 0.25) is 0 Å². The van der Waals surface area contributed by atoms with Crippen molar-refractivity contribution < 1.29 is 13.2 Å². The van der Waals surface area contributed by atoms with E-state index < -0.39 is 16.1 Å². The Kier molecular flexibility index (Phi) is 6.76. The fourth-order valence-corrected chi connectivity index (χ4v) is 3.26. The lowest BCUT2D eigenvalue weighted by molar-refractivity contribution is -0.122. The van der Waals surface area contributed by atoms with E-state index in [-0.39, 0.29) is 11.7 Å². The number of hydrogen-bond donors (Lipinski definition) is 2. The molecule has 0 bridgehead atoms. The molecular weight excluding hydrogens is 304 g/mol. The second kappa shape index (κ2) is 8.09. The van der Waals surface area contributed by atoms with Gasteiger partial charge in [0.2, 0.25) is 15.9 Å². The van der Waals surface area contributed by atoms with Crippen LogP contribution in [0.1, 0.15) is 25.8 Å². The fourth-order valence-electron chi connectivity index (χ4n) is 1.96. The molecule has 0 aliphatic heterocycles. The average Bonchev–Trinajstić information content (AvgIpc) is 2.44. The molecule has 8 heteroatoms. The molecule has 1 aromatic rings. The monoisotopic (exact) mass is 328 g/mol. The lowest BCUT2D eigenvalue weighted by atomic mass is 10.2. The van der Waals surface area contributed by atoms with Gasteiger partial charge in [-0.3, -0.25) is 4.79 Å². The van der Waals surface area contributed by atoms with E-state index >= 15 is 0 Å². The third-order valence-corrected chi connectivity index (χ3v) is 4.63. The first-order chi connectivity index (χ1) is 10.3. The van der Waals surface area contributed by atoms with Crippen LogP contribution in [0.3, 0.4) is 0 Å². The van der Waals surface area contributed by atoms with Gasteiger partial charge in [0.1, 0.15) is 5.82 Å². The summed E-state index contributed by atoms with van der Waals surface area (Å²) in [7, 11) is 0.329. The predicted octanol–water partition coefficient (Wildman–Crippen LogP) is 0.482. The van der Waals surface area contributed by atoms with Crippen LogP contribution in [0.4, 0.5) is 5.82 Å². The van der Waals surface area contributed by atoms with Gasteiger partial charge in [-0.15, -0.1) is 0 Å². The number of anilines is 1. The molecule has 124 valence electrons. The lowest BCUT2D eigenvalue weighted by Gasteiger charge is -2.17. The normalized spacial score (nSPS) is 12.7. The molecule has 1 rings (SSSR count). The van der Waals surface area contributed by atoms with Crippen molar-refractivity contribution in [3.63, 3.8) is 0 Å². The van der Waals surface area contributed by atoms with Gasteiger partial charge in [0.15, 0.2) is 0 Å². The zero-order chi connectivity index (χ0) is 16.8. The average molecular weight is 328 g/mol. The lowest BCUT2D eigenvalue weighted by Crippen LogP contribution is -2.45. The highest BCUT2D eigenvalue weighted by Gasteiger charge is 2.19. The minimum Gasteiger partial charge on any atom is -0.362 e. The molecule has 22 heavy (non-hydrogen) atoms. The number of carbonyl (C=O) groups excluding carboxylic acids is 1. The molecule has 1 aromatic heterocycles. The Morgan fingerprint density at radius 3 is 2.68 bits per heavy atom. The van der Waals surface area contributed by atoms with Crippen molar-refractivity contribution in [2.45, 2.75) is 32.9 Å². The van der Waals surface area contributed by atoms with Crippen molar-refractivity contribution in [3.8, 4) is 0 Å². The molecule has 0 spiro atoms. The third kappa shape index (κ3) is 5.61. The SMILES string of the molecule is CCCS(=O)(=O)NC(C)C(=O)NCc1cccnc1N(C)C. The predicted molar refractivity (Wildman–Crippen MR) is 87.1 cm³/mol. The zero-order valence-corrected chi connectivity index (χ0v) is 14.3. The summed E-state index contributed by atoms with van der Waals surface area (Å²) in [5, 5.41) is 2.73. The molecule has 0 radical (unpaired) electrons. The molecule has 0 aromatic carbocycles. The maximum absolute atomic E-state index is 12.0. The van der Waals surface area contributed by atoms with Gasteiger partial charge in [0.05, 0.1) is 11.8 Å². The Balaban J connectivity index is 2.63. The Labute approximate surface area is 132 Å². The van der Waals surface area contributed by atoms with Crippen LogP contribution in [0.25, 0.3) is 0 Å². The maximum atomic E-state index is 12.0. The van der Waals surface area contributed by atoms with E-state index in [2.05, 4.69) is 15.0 Å². The van der Waals surface area contributed by atoms with Gasteiger partial charge in [-0.25, -0.2) is 18.1 Å². The van der Waals surface area contributed by atoms with Crippen LogP contribution < -0.4 is 14.9 Å². The number of nitrogens with zero attached hydrogens (tertiary/aromatic N) is 2. The van der Waals surface area contributed by atoms with E-state index in [4.69, 9.17) is 0 Å². The molecule has 1 heterocycles. The van der Waals surface area contributed by atoms with E-state index in [1.165, 1.54) is 6.92 Å². The Hall–Kier alpha value is -1.67. The minimum absolute atomic E-state index is 0.0119. The summed E-state index contributed by atoms with van der Waals surface area (Å²) < 4.78 is 25.7. The Morgan fingerprint density at radius 1 is 1.41 bits per heavy atom. The van der Waals surface area contributed by atoms with Gasteiger partial charge in [-0.1, -0.05) is 13.0 Å². The first-order valence-corrected chi connectivity index (χ1v) is 8.81. The fraction of sp³-hybridized carbons (Fsp3) is 0.571. The molecule has 2 N–H and O–H groups in total. The van der Waals surface area contributed by atoms with E-state index in [0.717, 1.165) is 11.4 Å². The van der Waals surface area contributed by atoms with Crippen molar-refractivity contribution in [2.24, 2.45) is 0 Å². The highest BCUT2D eigenvalue weighted by Crippen LogP contribution is 2.13. The van der Waals surface area contributed by atoms with E-state index in [9.17, 15) is 13.2 Å². The minimum atomic E-state index is -3.41. The summed E-state index contributed by atoms with van der Waals surface area (Å²) >= 11 is 0. The van der Waals surface area contributed by atoms with Crippen LogP contribution in [0, 0.1) is 0 Å². The second-order valence-corrected chi connectivity index (χ2v) is 7.13. The Morgan fingerprint density at radius 2 is 2.09 bits per heavy atom. The molecule has 0 saturated carbocycles. The van der Waals surface area contributed by atoms with Crippen molar-refractivity contribution in [1.29, 1.82) is 0 Å². The van der Waals surface area contributed by atoms with Gasteiger partial charge in [0.25, 0.3) is 0 Å². The van der Waals surface area contributed by atoms with E-state index in [0.29, 0.717) is 13.0 Å². The second-order valence-electron chi connectivity index (χ2n) is 5.26. The summed E-state index contributed by atoms with van der Waals surface area (Å²) in [6, 6.07) is 2.85. The molecule has 1 unspecified atom stereocenters. The van der Waals surface area contributed by atoms with Crippen LogP contribution in [0.5, 0.6) is 0 Å². The number of nitrogens with one attached hydrogen (secondary N) is 2. The number of hydrogen-bond acceptors (Lipinski definition) is 5. The molecule has 1 atom stereocenters. The number of pyridine rings is 1. The van der Waals surface area contributed by atoms with Crippen molar-refractivity contribution in [1.82, 2.24) is 15.0 Å². The van der Waals surface area contributed by atoms with Crippen LogP contribution in [-0.2, 0) is 21.4 Å². The first-order valence-electron chi connectivity index (χ1n) is 7.15. The van der Waals surface area contributed by atoms with Crippen molar-refractivity contribution >= 4 is 21.7 Å². The molecule has 0 aliphatic rings. The summed E-state index contributed by atoms with van der Waals surface area (Å²) in [4.78, 5) is 18.1. The Bertz CT molecular complexity index is 602. The van der Waals surface area contributed by atoms with Gasteiger partial charge >= 0.3 is 0 Å². The van der Waals surface area contributed by atoms with Gasteiger partial charge in [-0.2, -0.15) is 0 Å². The highest BCUT2D eigenvalue weighted by molar-refractivity contribution is 7.89. The number of rotatable bonds is 8. The number of carbonyl (C=O) groups is 1. The number of sulfonamides is 1. The van der Waals surface area contributed by atoms with Gasteiger partial charge in [0, 0.05) is 32.4 Å². The summed E-state index contributed by atoms with van der Waals surface area (Å²) in [6.45, 7) is 3.59. The van der Waals surface area contributed by atoms with Crippen LogP contribution in [-0.4, -0.2) is 45.2 Å². The van der Waals surface area contributed by atoms with E-state index in [1.54, 1.807) is 19.2 Å². The molecular formula is C14H24N4O3S. The number of amides is 1. The number of aromatic nitrogens is 1. The van der Waals surface area contributed by atoms with Crippen LogP contribution >= 0.6 is 0 Å². The van der Waals surface area contributed by atoms with Crippen molar-refractivity contribution in [2.75, 3.05) is 24.7 Å². The molecule has 1 amide bonds. The largest absolute Gasteiger partial charge is 0.362 e. The van der Waals surface area contributed by atoms with E-state index in [1.807, 2.05) is 25.1 Å². The smallest absolute Gasteiger partial charge is 0.238 e. The van der Waals surface area contributed by atoms with Gasteiger partial charge in [-0.05, 0) is 19.4 Å². The molecule has 7 nitrogen and oxygen atoms in total. The van der Waals surface area contributed by atoms with Crippen molar-refractivity contribution in [3.05, 3.63) is 23.9 Å². The van der Waals surface area contributed by atoms with Crippen LogP contribution in [0.15, 0.2) is 18.3 Å². The summed E-state index contributed by atoms with van der Waals surface area (Å²) in [5.74, 6) is 0.410. The van der Waals surface area contributed by atoms with Gasteiger partial charge < -0.3 is 10.2 Å². The third-order valence-electron chi connectivity index (χ3n) is 2.97. The quantitative estimate of drug-likeness (QED) is 0.724. The zero-order valence-electron chi connectivity index (χ0n) is 13.5. The first kappa shape index (κ1) is 18.4. The molecule has 0 aliphatic carbocycles. The standard InChI is InChI=1S/C14H24N4O3S/c1-5-9-22(20,21)17-11(2)14(19)16-10-12-7-6-8-15-13(12)18(3)4/h6-8,11,17H,5,9-10H2,1-4H3,(H,16,19). The summed E-state index contributed by atoms with van der Waals surface area (Å²) in [5.41, 5.74) is 0.865. The summed E-state index contributed by atoms with van der Waals surface area (Å²) in [6.07, 6.45) is 2.19. The topological polar surface area (TPSA) is 91.4 Å². The maximum Gasteiger partial charge on any atom is 0.238 e. The molecule has 0 saturated heterocycles.